The molecule has 0 aromatic heterocycles. The standard InChI is InChI=1S/C18H17FN2O4S/c19-14-10-8-13(9-11-14)12-25-18(22)7-3-6-17-20-15-4-1-2-5-16(15)26(23,24)21-17/h1-2,4-5,8-11H,3,6-7,12H2,(H,20,21). The van der Waals surface area contributed by atoms with E-state index >= 15 is 0 Å². The Kier molecular flexibility index (Phi) is 5.32. The molecule has 0 saturated carbocycles. The number of sulfonamides is 1. The summed E-state index contributed by atoms with van der Waals surface area (Å²) in [6, 6.07) is 12.2. The molecule has 2 aromatic carbocycles. The number of benzene rings is 2. The Morgan fingerprint density at radius 1 is 1.12 bits per heavy atom. The van der Waals surface area contributed by atoms with Gasteiger partial charge in [0, 0.05) is 12.8 Å². The number of amidine groups is 1. The van der Waals surface area contributed by atoms with E-state index in [2.05, 4.69) is 9.71 Å². The topological polar surface area (TPSA) is 84.8 Å². The molecular formula is C18H17FN2O4S. The van der Waals surface area contributed by atoms with Crippen LogP contribution in [-0.2, 0) is 26.2 Å². The van der Waals surface area contributed by atoms with Crippen molar-refractivity contribution in [3.05, 3.63) is 59.9 Å². The molecule has 2 aromatic rings. The fraction of sp³-hybridized carbons (Fsp3) is 0.222. The van der Waals surface area contributed by atoms with E-state index < -0.39 is 16.0 Å². The number of esters is 1. The lowest BCUT2D eigenvalue weighted by atomic mass is 10.2. The third-order valence-corrected chi connectivity index (χ3v) is 5.15. The number of nitrogens with one attached hydrogen (secondary N) is 1. The maximum absolute atomic E-state index is 12.8. The normalized spacial score (nSPS) is 14.7. The van der Waals surface area contributed by atoms with Crippen molar-refractivity contribution in [2.24, 2.45) is 4.40 Å². The smallest absolute Gasteiger partial charge is 0.306 e. The highest BCUT2D eigenvalue weighted by molar-refractivity contribution is 7.90. The van der Waals surface area contributed by atoms with Crippen LogP contribution in [0.1, 0.15) is 24.8 Å². The van der Waals surface area contributed by atoms with E-state index in [4.69, 9.17) is 4.74 Å². The van der Waals surface area contributed by atoms with Gasteiger partial charge in [0.25, 0.3) is 10.0 Å². The molecule has 0 radical (unpaired) electrons. The minimum Gasteiger partial charge on any atom is -0.461 e. The van der Waals surface area contributed by atoms with E-state index in [1.54, 1.807) is 30.3 Å². The maximum atomic E-state index is 12.8. The predicted octanol–water partition coefficient (Wildman–Crippen LogP) is 3.25. The van der Waals surface area contributed by atoms with Gasteiger partial charge in [-0.15, -0.1) is 4.40 Å². The van der Waals surface area contributed by atoms with Gasteiger partial charge in [0.05, 0.1) is 5.69 Å². The average Bonchev–Trinajstić information content (AvgIpc) is 2.61. The summed E-state index contributed by atoms with van der Waals surface area (Å²) < 4.78 is 45.9. The first kappa shape index (κ1) is 18.1. The van der Waals surface area contributed by atoms with Crippen LogP contribution in [0.2, 0.25) is 0 Å². The molecule has 136 valence electrons. The van der Waals surface area contributed by atoms with Crippen LogP contribution in [0, 0.1) is 5.82 Å². The van der Waals surface area contributed by atoms with Crippen molar-refractivity contribution in [3.63, 3.8) is 0 Å². The summed E-state index contributed by atoms with van der Waals surface area (Å²) in [5.41, 5.74) is 1.18. The van der Waals surface area contributed by atoms with E-state index in [9.17, 15) is 17.6 Å². The Bertz CT molecular complexity index is 940. The van der Waals surface area contributed by atoms with E-state index in [-0.39, 0.29) is 23.7 Å². The van der Waals surface area contributed by atoms with E-state index in [0.29, 0.717) is 29.9 Å². The highest BCUT2D eigenvalue weighted by Gasteiger charge is 2.23. The van der Waals surface area contributed by atoms with E-state index in [1.165, 1.54) is 18.2 Å². The summed E-state index contributed by atoms with van der Waals surface area (Å²) in [5, 5.41) is 2.97. The maximum Gasteiger partial charge on any atom is 0.306 e. The van der Waals surface area contributed by atoms with Gasteiger partial charge in [0.1, 0.15) is 23.2 Å². The van der Waals surface area contributed by atoms with Gasteiger partial charge >= 0.3 is 5.97 Å². The first-order valence-corrected chi connectivity index (χ1v) is 9.48. The zero-order chi connectivity index (χ0) is 18.6. The molecule has 1 aliphatic heterocycles. The van der Waals surface area contributed by atoms with Gasteiger partial charge < -0.3 is 10.1 Å². The number of halogens is 1. The molecular weight excluding hydrogens is 359 g/mol. The summed E-state index contributed by atoms with van der Waals surface area (Å²) in [5.74, 6) is -0.457. The van der Waals surface area contributed by atoms with Gasteiger partial charge in [0.15, 0.2) is 0 Å². The lowest BCUT2D eigenvalue weighted by Crippen LogP contribution is -2.21. The molecule has 0 spiro atoms. The Morgan fingerprint density at radius 3 is 2.62 bits per heavy atom. The molecule has 1 aliphatic rings. The van der Waals surface area contributed by atoms with Gasteiger partial charge in [-0.2, -0.15) is 8.42 Å². The molecule has 1 heterocycles. The first-order valence-electron chi connectivity index (χ1n) is 8.04. The number of para-hydroxylation sites is 1. The molecule has 1 N–H and O–H groups in total. The number of nitrogens with zero attached hydrogens (tertiary/aromatic N) is 1. The Hall–Kier alpha value is -2.74. The zero-order valence-electron chi connectivity index (χ0n) is 13.8. The predicted molar refractivity (Wildman–Crippen MR) is 94.7 cm³/mol. The SMILES string of the molecule is O=C(CCCC1=NS(=O)(=O)c2ccccc2N1)OCc1ccc(F)cc1. The first-order chi connectivity index (χ1) is 12.4. The van der Waals surface area contributed by atoms with Crippen LogP contribution in [-0.4, -0.2) is 20.2 Å². The number of anilines is 1. The second kappa shape index (κ2) is 7.65. The summed E-state index contributed by atoms with van der Waals surface area (Å²) >= 11 is 0. The van der Waals surface area contributed by atoms with Gasteiger partial charge in [-0.25, -0.2) is 4.39 Å². The fourth-order valence-corrected chi connectivity index (χ4v) is 3.67. The lowest BCUT2D eigenvalue weighted by molar-refractivity contribution is -0.145. The summed E-state index contributed by atoms with van der Waals surface area (Å²) in [6.07, 6.45) is 0.828. The molecule has 8 heteroatoms. The number of ether oxygens (including phenoxy) is 1. The van der Waals surface area contributed by atoms with Crippen LogP contribution in [0.4, 0.5) is 10.1 Å². The highest BCUT2D eigenvalue weighted by Crippen LogP contribution is 2.27. The van der Waals surface area contributed by atoms with Gasteiger partial charge in [-0.1, -0.05) is 24.3 Å². The lowest BCUT2D eigenvalue weighted by Gasteiger charge is -2.17. The van der Waals surface area contributed by atoms with E-state index in [0.717, 1.165) is 0 Å². The molecule has 0 amide bonds. The molecule has 0 unspecified atom stereocenters. The quantitative estimate of drug-likeness (QED) is 0.783. The molecule has 26 heavy (non-hydrogen) atoms. The van der Waals surface area contributed by atoms with Crippen LogP contribution in [0.5, 0.6) is 0 Å². The Morgan fingerprint density at radius 2 is 1.85 bits per heavy atom. The number of hydrogen-bond acceptors (Lipinski definition) is 5. The van der Waals surface area contributed by atoms with Crippen molar-refractivity contribution in [3.8, 4) is 0 Å². The monoisotopic (exact) mass is 376 g/mol. The minimum atomic E-state index is -3.71. The van der Waals surface area contributed by atoms with Gasteiger partial charge in [-0.05, 0) is 36.2 Å². The number of fused-ring (bicyclic) bond motifs is 1. The molecule has 0 fully saturated rings. The van der Waals surface area contributed by atoms with Crippen molar-refractivity contribution in [1.82, 2.24) is 0 Å². The van der Waals surface area contributed by atoms with E-state index in [1.807, 2.05) is 0 Å². The molecule has 3 rings (SSSR count). The van der Waals surface area contributed by atoms with Crippen LogP contribution < -0.4 is 5.32 Å². The van der Waals surface area contributed by atoms with Crippen LogP contribution >= 0.6 is 0 Å². The van der Waals surface area contributed by atoms with Crippen molar-refractivity contribution >= 4 is 27.5 Å². The molecule has 0 atom stereocenters. The second-order valence-electron chi connectivity index (χ2n) is 5.77. The summed E-state index contributed by atoms with van der Waals surface area (Å²) in [4.78, 5) is 11.9. The van der Waals surface area contributed by atoms with Crippen LogP contribution in [0.25, 0.3) is 0 Å². The number of carbonyl (C=O) groups is 1. The molecule has 0 bridgehead atoms. The van der Waals surface area contributed by atoms with Crippen LogP contribution in [0.3, 0.4) is 0 Å². The minimum absolute atomic E-state index is 0.0695. The Balaban J connectivity index is 1.48. The Labute approximate surface area is 150 Å². The third kappa shape index (κ3) is 4.45. The second-order valence-corrected chi connectivity index (χ2v) is 7.35. The fourth-order valence-electron chi connectivity index (χ4n) is 2.49. The number of carbonyl (C=O) groups excluding carboxylic acids is 1. The molecule has 0 saturated heterocycles. The van der Waals surface area contributed by atoms with Crippen molar-refractivity contribution < 1.29 is 22.3 Å². The summed E-state index contributed by atoms with van der Waals surface area (Å²) in [7, 11) is -3.71. The van der Waals surface area contributed by atoms with Gasteiger partial charge in [0.2, 0.25) is 0 Å². The largest absolute Gasteiger partial charge is 0.461 e. The van der Waals surface area contributed by atoms with Crippen molar-refractivity contribution in [1.29, 1.82) is 0 Å². The third-order valence-electron chi connectivity index (χ3n) is 3.78. The van der Waals surface area contributed by atoms with Crippen molar-refractivity contribution in [2.75, 3.05) is 5.32 Å². The summed E-state index contributed by atoms with van der Waals surface area (Å²) in [6.45, 7) is 0.0695. The van der Waals surface area contributed by atoms with Crippen molar-refractivity contribution in [2.45, 2.75) is 30.8 Å². The average molecular weight is 376 g/mol. The molecule has 0 aliphatic carbocycles. The number of rotatable bonds is 6. The molecule has 6 nitrogen and oxygen atoms in total. The van der Waals surface area contributed by atoms with Crippen LogP contribution in [0.15, 0.2) is 57.8 Å². The highest BCUT2D eigenvalue weighted by atomic mass is 32.2. The number of hydrogen-bond donors (Lipinski definition) is 1. The van der Waals surface area contributed by atoms with Gasteiger partial charge in [-0.3, -0.25) is 4.79 Å². The zero-order valence-corrected chi connectivity index (χ0v) is 14.6.